The Labute approximate surface area is 193 Å². The van der Waals surface area contributed by atoms with Gasteiger partial charge in [0.05, 0.1) is 21.9 Å². The third kappa shape index (κ3) is 4.15. The van der Waals surface area contributed by atoms with Crippen LogP contribution in [0.2, 0.25) is 0 Å². The predicted molar refractivity (Wildman–Crippen MR) is 125 cm³/mol. The maximum Gasteiger partial charge on any atom is 0.270 e. The number of nitro groups is 1. The van der Waals surface area contributed by atoms with Gasteiger partial charge in [-0.2, -0.15) is 10.2 Å². The Hall–Kier alpha value is -5.12. The van der Waals surface area contributed by atoms with E-state index in [-0.39, 0.29) is 11.5 Å². The number of carbonyl (C=O) groups excluding carboxylic acids is 1. The van der Waals surface area contributed by atoms with Crippen molar-refractivity contribution in [3.8, 4) is 28.2 Å². The fourth-order valence-corrected chi connectivity index (χ4v) is 3.47. The van der Waals surface area contributed by atoms with Crippen molar-refractivity contribution in [1.82, 2.24) is 25.0 Å². The highest BCUT2D eigenvalue weighted by molar-refractivity contribution is 6.07. The van der Waals surface area contributed by atoms with E-state index in [0.29, 0.717) is 28.1 Å². The van der Waals surface area contributed by atoms with E-state index in [0.717, 1.165) is 5.69 Å². The molecule has 1 amide bonds. The van der Waals surface area contributed by atoms with Crippen LogP contribution in [0.25, 0.3) is 28.2 Å². The van der Waals surface area contributed by atoms with E-state index in [1.165, 1.54) is 12.1 Å². The largest absolute Gasteiger partial charge is 0.305 e. The first-order valence-electron chi connectivity index (χ1n) is 10.3. The van der Waals surface area contributed by atoms with Crippen LogP contribution < -0.4 is 5.32 Å². The minimum atomic E-state index is -0.465. The molecular formula is C24H17N7O3. The van der Waals surface area contributed by atoms with Gasteiger partial charge < -0.3 is 5.32 Å². The van der Waals surface area contributed by atoms with Gasteiger partial charge in [-0.05, 0) is 24.3 Å². The lowest BCUT2D eigenvalue weighted by Gasteiger charge is -2.02. The highest BCUT2D eigenvalue weighted by Crippen LogP contribution is 2.26. The molecule has 3 heterocycles. The molecule has 0 saturated heterocycles. The molecule has 0 aliphatic carbocycles. The molecular weight excluding hydrogens is 434 g/mol. The molecule has 2 aromatic carbocycles. The Balaban J connectivity index is 1.46. The van der Waals surface area contributed by atoms with E-state index in [4.69, 9.17) is 0 Å². The van der Waals surface area contributed by atoms with Crippen molar-refractivity contribution in [2.75, 3.05) is 5.32 Å². The number of aromatic nitrogens is 5. The molecule has 5 rings (SSSR count). The van der Waals surface area contributed by atoms with Gasteiger partial charge in [0.2, 0.25) is 0 Å². The summed E-state index contributed by atoms with van der Waals surface area (Å²) in [6, 6.07) is 20.8. The van der Waals surface area contributed by atoms with Crippen LogP contribution in [0.5, 0.6) is 0 Å². The van der Waals surface area contributed by atoms with Crippen LogP contribution in [0.4, 0.5) is 11.5 Å². The van der Waals surface area contributed by atoms with Gasteiger partial charge in [-0.15, -0.1) is 0 Å². The highest BCUT2D eigenvalue weighted by Gasteiger charge is 2.20. The molecule has 0 unspecified atom stereocenters. The van der Waals surface area contributed by atoms with Gasteiger partial charge in [0.15, 0.2) is 5.82 Å². The second-order valence-electron chi connectivity index (χ2n) is 7.34. The summed E-state index contributed by atoms with van der Waals surface area (Å²) in [6.45, 7) is 0. The molecule has 0 saturated carbocycles. The maximum absolute atomic E-state index is 13.2. The molecule has 0 radical (unpaired) electrons. The SMILES string of the molecule is O=C(Nc1cc(-c2cccc([N+](=O)[O-])c2)[nH]n1)c1cn(-c2ccccc2)nc1-c1cccnc1. The van der Waals surface area contributed by atoms with Gasteiger partial charge in [0.1, 0.15) is 5.69 Å². The van der Waals surface area contributed by atoms with Gasteiger partial charge in [0.25, 0.3) is 11.6 Å². The summed E-state index contributed by atoms with van der Waals surface area (Å²) in [5, 5.41) is 25.4. The third-order valence-corrected chi connectivity index (χ3v) is 5.10. The number of aromatic amines is 1. The Morgan fingerprint density at radius 3 is 2.59 bits per heavy atom. The molecule has 34 heavy (non-hydrogen) atoms. The number of nitrogens with one attached hydrogen (secondary N) is 2. The summed E-state index contributed by atoms with van der Waals surface area (Å²) in [6.07, 6.45) is 4.95. The Bertz CT molecular complexity index is 1480. The van der Waals surface area contributed by atoms with Crippen LogP contribution in [0, 0.1) is 10.1 Å². The van der Waals surface area contributed by atoms with Crippen molar-refractivity contribution in [3.63, 3.8) is 0 Å². The number of para-hydroxylation sites is 1. The van der Waals surface area contributed by atoms with Crippen molar-refractivity contribution >= 4 is 17.4 Å². The van der Waals surface area contributed by atoms with Gasteiger partial charge in [-0.25, -0.2) is 4.68 Å². The number of H-pyrrole nitrogens is 1. The zero-order chi connectivity index (χ0) is 23.5. The number of nitrogens with zero attached hydrogens (tertiary/aromatic N) is 5. The first-order valence-corrected chi connectivity index (χ1v) is 10.3. The van der Waals surface area contributed by atoms with Crippen molar-refractivity contribution < 1.29 is 9.72 Å². The van der Waals surface area contributed by atoms with Crippen molar-refractivity contribution in [3.05, 3.63) is 107 Å². The molecule has 0 spiro atoms. The number of pyridine rings is 1. The van der Waals surface area contributed by atoms with E-state index in [9.17, 15) is 14.9 Å². The maximum atomic E-state index is 13.2. The standard InChI is InChI=1S/C24H17N7O3/c32-24(26-22-13-21(27-28-22)16-6-4-10-19(12-16)31(33)34)20-15-30(18-8-2-1-3-9-18)29-23(20)17-7-5-11-25-14-17/h1-15H,(H2,26,27,28,32). The third-order valence-electron chi connectivity index (χ3n) is 5.10. The predicted octanol–water partition coefficient (Wildman–Crippen LogP) is 4.48. The second kappa shape index (κ2) is 8.79. The van der Waals surface area contributed by atoms with Crippen molar-refractivity contribution in [1.29, 1.82) is 0 Å². The number of carbonyl (C=O) groups is 1. The molecule has 10 nitrogen and oxygen atoms in total. The van der Waals surface area contributed by atoms with E-state index in [1.54, 1.807) is 47.5 Å². The number of non-ortho nitro benzene ring substituents is 1. The molecule has 166 valence electrons. The first kappa shape index (κ1) is 20.8. The van der Waals surface area contributed by atoms with Gasteiger partial charge in [0, 0.05) is 47.9 Å². The summed E-state index contributed by atoms with van der Waals surface area (Å²) in [5.41, 5.74) is 3.40. The monoisotopic (exact) mass is 451 g/mol. The Morgan fingerprint density at radius 1 is 1.00 bits per heavy atom. The first-order chi connectivity index (χ1) is 16.6. The number of rotatable bonds is 6. The number of benzene rings is 2. The average Bonchev–Trinajstić information content (AvgIpc) is 3.53. The quantitative estimate of drug-likeness (QED) is 0.289. The number of amides is 1. The summed E-state index contributed by atoms with van der Waals surface area (Å²) in [7, 11) is 0. The van der Waals surface area contributed by atoms with Crippen LogP contribution in [-0.4, -0.2) is 35.8 Å². The van der Waals surface area contributed by atoms with Crippen LogP contribution in [-0.2, 0) is 0 Å². The van der Waals surface area contributed by atoms with Crippen LogP contribution in [0.3, 0.4) is 0 Å². The lowest BCUT2D eigenvalue weighted by Crippen LogP contribution is -2.12. The van der Waals surface area contributed by atoms with E-state index in [2.05, 4.69) is 25.6 Å². The molecule has 0 fully saturated rings. The molecule has 0 atom stereocenters. The lowest BCUT2D eigenvalue weighted by atomic mass is 10.1. The van der Waals surface area contributed by atoms with Crippen molar-refractivity contribution in [2.24, 2.45) is 0 Å². The normalized spacial score (nSPS) is 10.7. The summed E-state index contributed by atoms with van der Waals surface area (Å²) in [4.78, 5) is 27.9. The zero-order valence-corrected chi connectivity index (χ0v) is 17.6. The molecule has 0 bridgehead atoms. The van der Waals surface area contributed by atoms with Gasteiger partial charge in [-0.1, -0.05) is 30.3 Å². The fourth-order valence-electron chi connectivity index (χ4n) is 3.47. The van der Waals surface area contributed by atoms with Crippen LogP contribution >= 0.6 is 0 Å². The minimum absolute atomic E-state index is 0.0351. The molecule has 0 aliphatic heterocycles. The summed E-state index contributed by atoms with van der Waals surface area (Å²) in [5.74, 6) is -0.130. The Morgan fingerprint density at radius 2 is 1.82 bits per heavy atom. The number of hydrogen-bond acceptors (Lipinski definition) is 6. The van der Waals surface area contributed by atoms with Crippen LogP contribution in [0.15, 0.2) is 91.4 Å². The van der Waals surface area contributed by atoms with E-state index < -0.39 is 10.8 Å². The summed E-state index contributed by atoms with van der Waals surface area (Å²) < 4.78 is 1.64. The van der Waals surface area contributed by atoms with E-state index >= 15 is 0 Å². The fraction of sp³-hybridized carbons (Fsp3) is 0. The topological polar surface area (TPSA) is 132 Å². The lowest BCUT2D eigenvalue weighted by molar-refractivity contribution is -0.384. The Kier molecular flexibility index (Phi) is 5.37. The molecule has 3 aromatic heterocycles. The molecule has 5 aromatic rings. The minimum Gasteiger partial charge on any atom is -0.305 e. The van der Waals surface area contributed by atoms with Crippen molar-refractivity contribution in [2.45, 2.75) is 0 Å². The zero-order valence-electron chi connectivity index (χ0n) is 17.6. The molecule has 2 N–H and O–H groups in total. The average molecular weight is 451 g/mol. The molecule has 0 aliphatic rings. The smallest absolute Gasteiger partial charge is 0.270 e. The molecule has 10 heteroatoms. The highest BCUT2D eigenvalue weighted by atomic mass is 16.6. The number of anilines is 1. The second-order valence-corrected chi connectivity index (χ2v) is 7.34. The van der Waals surface area contributed by atoms with Crippen LogP contribution in [0.1, 0.15) is 10.4 Å². The van der Waals surface area contributed by atoms with E-state index in [1.807, 2.05) is 36.4 Å². The van der Waals surface area contributed by atoms with Gasteiger partial charge in [-0.3, -0.25) is 25.0 Å². The van der Waals surface area contributed by atoms with Gasteiger partial charge >= 0.3 is 0 Å². The number of hydrogen-bond donors (Lipinski definition) is 2. The number of nitro benzene ring substituents is 1. The summed E-state index contributed by atoms with van der Waals surface area (Å²) >= 11 is 0.